The first-order valence-electron chi connectivity index (χ1n) is 6.45. The van der Waals surface area contributed by atoms with Crippen LogP contribution in [-0.4, -0.2) is 34.8 Å². The van der Waals surface area contributed by atoms with Crippen LogP contribution in [-0.2, 0) is 0 Å². The van der Waals surface area contributed by atoms with Gasteiger partial charge < -0.3 is 10.1 Å². The van der Waals surface area contributed by atoms with Gasteiger partial charge in [-0.25, -0.2) is 18.7 Å². The van der Waals surface area contributed by atoms with Crippen molar-refractivity contribution in [2.45, 2.75) is 12.3 Å². The third-order valence-corrected chi connectivity index (χ3v) is 2.94. The molecule has 24 heavy (non-hydrogen) atoms. The summed E-state index contributed by atoms with van der Waals surface area (Å²) < 4.78 is 54.0. The number of rotatable bonds is 6. The number of anilines is 1. The highest BCUT2D eigenvalue weighted by Crippen LogP contribution is 2.23. The van der Waals surface area contributed by atoms with Gasteiger partial charge in [-0.1, -0.05) is 11.6 Å². The normalized spacial score (nSPS) is 11.4. The number of hydrogen-bond acceptors (Lipinski definition) is 4. The second-order valence-corrected chi connectivity index (χ2v) is 4.95. The summed E-state index contributed by atoms with van der Waals surface area (Å²) in [5, 5.41) is 2.78. The van der Waals surface area contributed by atoms with Crippen molar-refractivity contribution in [1.82, 2.24) is 9.97 Å². The molecule has 0 aliphatic rings. The van der Waals surface area contributed by atoms with Crippen molar-refractivity contribution in [2.75, 3.05) is 11.9 Å². The van der Waals surface area contributed by atoms with E-state index in [9.17, 15) is 22.4 Å². The predicted octanol–water partition coefficient (Wildman–Crippen LogP) is 3.66. The minimum Gasteiger partial charge on any atom is -0.471 e. The maximum absolute atomic E-state index is 12.7. The molecule has 0 radical (unpaired) electrons. The van der Waals surface area contributed by atoms with E-state index in [0.717, 1.165) is 12.3 Å². The van der Waals surface area contributed by atoms with Crippen molar-refractivity contribution in [1.29, 1.82) is 0 Å². The van der Waals surface area contributed by atoms with E-state index in [1.807, 2.05) is 0 Å². The largest absolute Gasteiger partial charge is 0.471 e. The Morgan fingerprint density at radius 3 is 2.50 bits per heavy atom. The molecule has 0 spiro atoms. The number of amides is 1. The van der Waals surface area contributed by atoms with E-state index in [1.165, 1.54) is 24.4 Å². The summed E-state index contributed by atoms with van der Waals surface area (Å²) in [6.07, 6.45) is -1.43. The second kappa shape index (κ2) is 7.43. The van der Waals surface area contributed by atoms with Crippen molar-refractivity contribution in [2.24, 2.45) is 0 Å². The molecule has 0 saturated heterocycles. The van der Waals surface area contributed by atoms with Crippen molar-refractivity contribution in [3.05, 3.63) is 47.4 Å². The number of alkyl halides is 4. The fourth-order valence-corrected chi connectivity index (χ4v) is 1.60. The number of aromatic nitrogens is 2. The van der Waals surface area contributed by atoms with Crippen LogP contribution >= 0.6 is 11.6 Å². The van der Waals surface area contributed by atoms with Gasteiger partial charge in [0.1, 0.15) is 5.15 Å². The lowest BCUT2D eigenvalue weighted by atomic mass is 10.2. The molecular formula is C14H10ClF4N3O2. The fourth-order valence-electron chi connectivity index (χ4n) is 1.49. The summed E-state index contributed by atoms with van der Waals surface area (Å²) >= 11 is 5.62. The molecule has 2 aromatic heterocycles. The van der Waals surface area contributed by atoms with Gasteiger partial charge in [0.2, 0.25) is 5.88 Å². The lowest BCUT2D eigenvalue weighted by Crippen LogP contribution is -2.33. The minimum absolute atomic E-state index is 0.109. The Bertz CT molecular complexity index is 696. The number of carbonyl (C=O) groups is 1. The first-order valence-corrected chi connectivity index (χ1v) is 6.83. The van der Waals surface area contributed by atoms with E-state index < -0.39 is 24.9 Å². The average molecular weight is 364 g/mol. The van der Waals surface area contributed by atoms with Crippen LogP contribution in [0.3, 0.4) is 0 Å². The van der Waals surface area contributed by atoms with Gasteiger partial charge in [0.25, 0.3) is 5.91 Å². The Kier molecular flexibility index (Phi) is 5.55. The zero-order valence-electron chi connectivity index (χ0n) is 11.8. The number of ether oxygens (including phenoxy) is 1. The topological polar surface area (TPSA) is 64.1 Å². The van der Waals surface area contributed by atoms with Gasteiger partial charge in [-0.3, -0.25) is 4.79 Å². The van der Waals surface area contributed by atoms with E-state index in [2.05, 4.69) is 20.0 Å². The SMILES string of the molecule is O=C(Nc1ccc(Cl)nc1)c1ccc(OCC(F)(F)C(F)F)nc1. The van der Waals surface area contributed by atoms with Crippen LogP contribution < -0.4 is 10.1 Å². The Balaban J connectivity index is 1.96. The molecule has 0 aliphatic carbocycles. The van der Waals surface area contributed by atoms with E-state index in [-0.39, 0.29) is 16.6 Å². The molecule has 0 fully saturated rings. The molecule has 0 saturated carbocycles. The highest BCUT2D eigenvalue weighted by atomic mass is 35.5. The van der Waals surface area contributed by atoms with Crippen LogP contribution in [0.15, 0.2) is 36.7 Å². The molecule has 1 amide bonds. The number of nitrogens with one attached hydrogen (secondary N) is 1. The van der Waals surface area contributed by atoms with Crippen molar-refractivity contribution < 1.29 is 27.1 Å². The molecule has 10 heteroatoms. The first kappa shape index (κ1) is 17.9. The van der Waals surface area contributed by atoms with E-state index in [1.54, 1.807) is 0 Å². The van der Waals surface area contributed by atoms with Crippen LogP contribution in [0.5, 0.6) is 5.88 Å². The number of pyridine rings is 2. The number of hydrogen-bond donors (Lipinski definition) is 1. The molecule has 1 N–H and O–H groups in total. The van der Waals surface area contributed by atoms with Gasteiger partial charge in [-0.2, -0.15) is 8.78 Å². The van der Waals surface area contributed by atoms with Crippen molar-refractivity contribution in [3.8, 4) is 5.88 Å². The van der Waals surface area contributed by atoms with Crippen LogP contribution in [0.1, 0.15) is 10.4 Å². The molecule has 0 unspecified atom stereocenters. The van der Waals surface area contributed by atoms with Gasteiger partial charge >= 0.3 is 12.3 Å². The van der Waals surface area contributed by atoms with Crippen molar-refractivity contribution >= 4 is 23.2 Å². The molecule has 0 aliphatic heterocycles. The monoisotopic (exact) mass is 363 g/mol. The fraction of sp³-hybridized carbons (Fsp3) is 0.214. The highest BCUT2D eigenvalue weighted by Gasteiger charge is 2.41. The molecule has 2 aromatic rings. The van der Waals surface area contributed by atoms with Gasteiger partial charge in [0.05, 0.1) is 17.4 Å². The van der Waals surface area contributed by atoms with E-state index >= 15 is 0 Å². The summed E-state index contributed by atoms with van der Waals surface area (Å²) in [5.41, 5.74) is 0.499. The molecule has 0 atom stereocenters. The highest BCUT2D eigenvalue weighted by molar-refractivity contribution is 6.29. The van der Waals surface area contributed by atoms with E-state index in [4.69, 9.17) is 11.6 Å². The van der Waals surface area contributed by atoms with Crippen LogP contribution in [0.2, 0.25) is 5.15 Å². The quantitative estimate of drug-likeness (QED) is 0.628. The van der Waals surface area contributed by atoms with E-state index in [0.29, 0.717) is 5.69 Å². The molecule has 5 nitrogen and oxygen atoms in total. The van der Waals surface area contributed by atoms with Crippen LogP contribution in [0, 0.1) is 0 Å². The minimum atomic E-state index is -4.28. The molecule has 2 heterocycles. The maximum atomic E-state index is 12.7. The third kappa shape index (κ3) is 4.79. The standard InChI is InChI=1S/C14H10ClF4N3O2/c15-10-3-2-9(6-20-10)22-12(23)8-1-4-11(21-5-8)24-7-14(18,19)13(16)17/h1-6,13H,7H2,(H,22,23). The number of carbonyl (C=O) groups excluding carboxylic acids is 1. The maximum Gasteiger partial charge on any atom is 0.340 e. The van der Waals surface area contributed by atoms with Crippen molar-refractivity contribution in [3.63, 3.8) is 0 Å². The lowest BCUT2D eigenvalue weighted by molar-refractivity contribution is -0.148. The summed E-state index contributed by atoms with van der Waals surface area (Å²) in [7, 11) is 0. The Labute approximate surface area is 138 Å². The molecular weight excluding hydrogens is 354 g/mol. The summed E-state index contributed by atoms with van der Waals surface area (Å²) in [6, 6.07) is 5.39. The summed E-state index contributed by atoms with van der Waals surface area (Å²) in [4.78, 5) is 19.3. The van der Waals surface area contributed by atoms with Gasteiger partial charge in [-0.05, 0) is 18.2 Å². The predicted molar refractivity (Wildman–Crippen MR) is 77.9 cm³/mol. The molecule has 128 valence electrons. The lowest BCUT2D eigenvalue weighted by Gasteiger charge is -2.15. The van der Waals surface area contributed by atoms with Crippen LogP contribution in [0.25, 0.3) is 0 Å². The third-order valence-electron chi connectivity index (χ3n) is 2.72. The average Bonchev–Trinajstić information content (AvgIpc) is 2.55. The molecule has 0 aromatic carbocycles. The second-order valence-electron chi connectivity index (χ2n) is 4.56. The molecule has 0 bridgehead atoms. The Morgan fingerprint density at radius 2 is 1.96 bits per heavy atom. The summed E-state index contributed by atoms with van der Waals surface area (Å²) in [5.74, 6) is -5.12. The first-order chi connectivity index (χ1) is 11.3. The zero-order valence-corrected chi connectivity index (χ0v) is 12.6. The summed E-state index contributed by atoms with van der Waals surface area (Å²) in [6.45, 7) is -1.51. The Morgan fingerprint density at radius 1 is 1.21 bits per heavy atom. The molecule has 2 rings (SSSR count). The zero-order chi connectivity index (χ0) is 17.7. The number of nitrogens with zero attached hydrogens (tertiary/aromatic N) is 2. The smallest absolute Gasteiger partial charge is 0.340 e. The van der Waals surface area contributed by atoms with Gasteiger partial charge in [0, 0.05) is 12.3 Å². The Hall–Kier alpha value is -2.42. The van der Waals surface area contributed by atoms with Crippen LogP contribution in [0.4, 0.5) is 23.2 Å². The van der Waals surface area contributed by atoms with Gasteiger partial charge in [-0.15, -0.1) is 0 Å². The number of halogens is 5. The van der Waals surface area contributed by atoms with Gasteiger partial charge in [0.15, 0.2) is 6.61 Å².